The summed E-state index contributed by atoms with van der Waals surface area (Å²) in [5.74, 6) is 0.476. The van der Waals surface area contributed by atoms with E-state index in [2.05, 4.69) is 89.2 Å². The molecule has 1 aromatic rings. The summed E-state index contributed by atoms with van der Waals surface area (Å²) in [4.78, 5) is 0. The molecule has 0 saturated carbocycles. The summed E-state index contributed by atoms with van der Waals surface area (Å²) in [6.45, 7) is 26.7. The lowest BCUT2D eigenvalue weighted by Gasteiger charge is -2.35. The zero-order valence-corrected chi connectivity index (χ0v) is 19.0. The number of aryl methyl sites for hydroxylation is 1. The van der Waals surface area contributed by atoms with Crippen molar-refractivity contribution < 1.29 is 5.11 Å². The number of hydrogen-bond acceptors (Lipinski definition) is 1. The molecule has 1 heteroatoms. The first-order valence-electron chi connectivity index (χ1n) is 9.80. The van der Waals surface area contributed by atoms with Gasteiger partial charge in [-0.3, -0.25) is 0 Å². The van der Waals surface area contributed by atoms with Gasteiger partial charge in [0.15, 0.2) is 0 Å². The Kier molecular flexibility index (Phi) is 4.81. The fourth-order valence-corrected chi connectivity index (χ4v) is 4.53. The van der Waals surface area contributed by atoms with Gasteiger partial charge in [0.2, 0.25) is 0 Å². The molecular formula is C25H38O. The fraction of sp³-hybridized carbons (Fsp3) is 0.600. The normalized spacial score (nSPS) is 18.2. The zero-order chi connectivity index (χ0) is 20.4. The molecule has 0 amide bonds. The minimum atomic E-state index is -0.140. The van der Waals surface area contributed by atoms with Crippen molar-refractivity contribution in [3.63, 3.8) is 0 Å². The molecule has 0 saturated heterocycles. The quantitative estimate of drug-likeness (QED) is 0.555. The van der Waals surface area contributed by atoms with Crippen molar-refractivity contribution >= 4 is 5.57 Å². The van der Waals surface area contributed by atoms with E-state index in [0.29, 0.717) is 5.75 Å². The van der Waals surface area contributed by atoms with Gasteiger partial charge in [-0.15, -0.1) is 0 Å². The Morgan fingerprint density at radius 3 is 1.65 bits per heavy atom. The van der Waals surface area contributed by atoms with Crippen LogP contribution in [0.3, 0.4) is 0 Å². The van der Waals surface area contributed by atoms with Gasteiger partial charge in [-0.1, -0.05) is 67.0 Å². The van der Waals surface area contributed by atoms with Gasteiger partial charge in [0.1, 0.15) is 5.75 Å². The summed E-state index contributed by atoms with van der Waals surface area (Å²) in [6, 6.07) is 2.21. The number of benzene rings is 1. The van der Waals surface area contributed by atoms with Crippen LogP contribution in [0.4, 0.5) is 0 Å². The van der Waals surface area contributed by atoms with E-state index in [1.165, 1.54) is 33.4 Å². The summed E-state index contributed by atoms with van der Waals surface area (Å²) < 4.78 is 0. The third-order valence-corrected chi connectivity index (χ3v) is 6.37. The summed E-state index contributed by atoms with van der Waals surface area (Å²) in [6.07, 6.45) is 0. The smallest absolute Gasteiger partial charge is 0.123 e. The van der Waals surface area contributed by atoms with E-state index in [4.69, 9.17) is 0 Å². The molecule has 0 unspecified atom stereocenters. The highest BCUT2D eigenvalue weighted by Gasteiger charge is 2.40. The van der Waals surface area contributed by atoms with Gasteiger partial charge in [-0.25, -0.2) is 0 Å². The van der Waals surface area contributed by atoms with Gasteiger partial charge >= 0.3 is 0 Å². The van der Waals surface area contributed by atoms with Gasteiger partial charge in [-0.2, -0.15) is 0 Å². The maximum absolute atomic E-state index is 11.4. The molecule has 1 aliphatic carbocycles. The topological polar surface area (TPSA) is 20.2 Å². The highest BCUT2D eigenvalue weighted by atomic mass is 16.3. The van der Waals surface area contributed by atoms with Gasteiger partial charge in [0, 0.05) is 11.0 Å². The highest BCUT2D eigenvalue weighted by molar-refractivity contribution is 5.87. The first-order chi connectivity index (χ1) is 11.5. The van der Waals surface area contributed by atoms with Crippen LogP contribution in [0.5, 0.6) is 5.75 Å². The van der Waals surface area contributed by atoms with E-state index in [1.807, 2.05) is 0 Å². The third kappa shape index (κ3) is 3.04. The lowest BCUT2D eigenvalue weighted by atomic mass is 9.69. The van der Waals surface area contributed by atoms with Crippen LogP contribution in [-0.2, 0) is 10.8 Å². The van der Waals surface area contributed by atoms with E-state index in [9.17, 15) is 5.11 Å². The monoisotopic (exact) mass is 354 g/mol. The molecule has 0 aliphatic heterocycles. The van der Waals surface area contributed by atoms with E-state index in [1.54, 1.807) is 0 Å². The minimum Gasteiger partial charge on any atom is -0.507 e. The van der Waals surface area contributed by atoms with Crippen LogP contribution in [0, 0.1) is 12.3 Å². The van der Waals surface area contributed by atoms with Crippen LogP contribution in [0.25, 0.3) is 5.57 Å². The van der Waals surface area contributed by atoms with Crippen LogP contribution < -0.4 is 0 Å². The third-order valence-electron chi connectivity index (χ3n) is 6.37. The molecule has 144 valence electrons. The van der Waals surface area contributed by atoms with E-state index >= 15 is 0 Å². The zero-order valence-electron chi connectivity index (χ0n) is 19.0. The minimum absolute atomic E-state index is 0.0192. The first-order valence-corrected chi connectivity index (χ1v) is 9.80. The number of aromatic hydroxyl groups is 1. The number of rotatable bonds is 1. The Labute approximate surface area is 161 Å². The maximum atomic E-state index is 11.4. The van der Waals surface area contributed by atoms with Crippen molar-refractivity contribution in [3.05, 3.63) is 45.0 Å². The molecule has 0 bridgehead atoms. The van der Waals surface area contributed by atoms with E-state index in [0.717, 1.165) is 11.1 Å². The van der Waals surface area contributed by atoms with Crippen LogP contribution in [0.2, 0.25) is 0 Å². The molecule has 26 heavy (non-hydrogen) atoms. The van der Waals surface area contributed by atoms with Crippen LogP contribution >= 0.6 is 0 Å². The van der Waals surface area contributed by atoms with Crippen molar-refractivity contribution in [2.24, 2.45) is 5.41 Å². The molecule has 0 radical (unpaired) electrons. The molecule has 0 atom stereocenters. The SMILES string of the molecule is CC1=C(C)C(C)(C)C(c2c(C)cc(C(C)(C)C)c(O)c2C(C)(C)C)=C1C. The molecule has 1 aliphatic rings. The van der Waals surface area contributed by atoms with Crippen molar-refractivity contribution in [1.82, 2.24) is 0 Å². The standard InChI is InChI=1S/C25H38O/c1-14-13-18(23(5,6)7)22(26)21(24(8,9)10)19(14)20-16(3)15(2)17(4)25(20,11)12/h13,26H,1-12H3. The lowest BCUT2D eigenvalue weighted by molar-refractivity contribution is 0.421. The van der Waals surface area contributed by atoms with Crippen LogP contribution in [-0.4, -0.2) is 5.11 Å². The van der Waals surface area contributed by atoms with Gasteiger partial charge in [0.25, 0.3) is 0 Å². The summed E-state index contributed by atoms with van der Waals surface area (Å²) in [5.41, 5.74) is 9.97. The highest BCUT2D eigenvalue weighted by Crippen LogP contribution is 2.55. The summed E-state index contributed by atoms with van der Waals surface area (Å²) in [7, 11) is 0. The van der Waals surface area contributed by atoms with Crippen molar-refractivity contribution in [3.8, 4) is 5.75 Å². The molecule has 2 rings (SSSR count). The molecule has 0 heterocycles. The predicted octanol–water partition coefficient (Wildman–Crippen LogP) is 7.45. The Bertz CT molecular complexity index is 815. The average molecular weight is 355 g/mol. The molecule has 0 spiro atoms. The molecule has 0 fully saturated rings. The van der Waals surface area contributed by atoms with E-state index < -0.39 is 0 Å². The molecular weight excluding hydrogens is 316 g/mol. The van der Waals surface area contributed by atoms with Gasteiger partial charge in [-0.05, 0) is 71.9 Å². The number of phenols is 1. The van der Waals surface area contributed by atoms with E-state index in [-0.39, 0.29) is 16.2 Å². The van der Waals surface area contributed by atoms with Crippen LogP contribution in [0.1, 0.15) is 98.4 Å². The lowest BCUT2D eigenvalue weighted by Crippen LogP contribution is -2.23. The van der Waals surface area contributed by atoms with Crippen molar-refractivity contribution in [2.75, 3.05) is 0 Å². The molecule has 1 aromatic carbocycles. The average Bonchev–Trinajstić information content (AvgIpc) is 2.59. The maximum Gasteiger partial charge on any atom is 0.123 e. The number of phenolic OH excluding ortho intramolecular Hbond substituents is 1. The van der Waals surface area contributed by atoms with Gasteiger partial charge < -0.3 is 5.11 Å². The number of allylic oxidation sites excluding steroid dienone is 4. The molecule has 1 nitrogen and oxygen atoms in total. The Morgan fingerprint density at radius 2 is 1.31 bits per heavy atom. The Morgan fingerprint density at radius 1 is 0.808 bits per heavy atom. The van der Waals surface area contributed by atoms with Gasteiger partial charge in [0.05, 0.1) is 0 Å². The molecule has 1 N–H and O–H groups in total. The summed E-state index contributed by atoms with van der Waals surface area (Å²) >= 11 is 0. The van der Waals surface area contributed by atoms with Crippen molar-refractivity contribution in [1.29, 1.82) is 0 Å². The van der Waals surface area contributed by atoms with Crippen LogP contribution in [0.15, 0.2) is 22.8 Å². The first kappa shape index (κ1) is 20.8. The Balaban J connectivity index is 2.99. The second-order valence-corrected chi connectivity index (χ2v) is 10.7. The largest absolute Gasteiger partial charge is 0.507 e. The predicted molar refractivity (Wildman–Crippen MR) is 115 cm³/mol. The summed E-state index contributed by atoms with van der Waals surface area (Å²) in [5, 5.41) is 11.4. The molecule has 0 aromatic heterocycles. The Hall–Kier alpha value is -1.50. The second kappa shape index (κ2) is 6.01. The number of hydrogen-bond donors (Lipinski definition) is 1. The fourth-order valence-electron chi connectivity index (χ4n) is 4.53. The van der Waals surface area contributed by atoms with Crippen molar-refractivity contribution in [2.45, 2.75) is 93.9 Å². The second-order valence-electron chi connectivity index (χ2n) is 10.7.